The predicted molar refractivity (Wildman–Crippen MR) is 98.3 cm³/mol. The van der Waals surface area contributed by atoms with Crippen molar-refractivity contribution < 1.29 is 14.3 Å². The molecule has 7 heteroatoms. The second-order valence-corrected chi connectivity index (χ2v) is 5.60. The highest BCUT2D eigenvalue weighted by atomic mass is 16.5. The van der Waals surface area contributed by atoms with E-state index in [1.165, 1.54) is 0 Å². The van der Waals surface area contributed by atoms with Crippen LogP contribution in [-0.4, -0.2) is 41.6 Å². The van der Waals surface area contributed by atoms with Gasteiger partial charge in [-0.05, 0) is 37.3 Å². The molecule has 1 amide bonds. The van der Waals surface area contributed by atoms with E-state index in [0.29, 0.717) is 34.9 Å². The van der Waals surface area contributed by atoms with E-state index < -0.39 is 0 Å². The van der Waals surface area contributed by atoms with Gasteiger partial charge in [-0.25, -0.2) is 15.0 Å². The summed E-state index contributed by atoms with van der Waals surface area (Å²) in [5.41, 5.74) is 3.43. The Labute approximate surface area is 151 Å². The first-order valence-electron chi connectivity index (χ1n) is 8.26. The van der Waals surface area contributed by atoms with E-state index in [-0.39, 0.29) is 12.3 Å². The number of likely N-dealkylation sites (N-methyl/N-ethyl adjacent to an activating group) is 1. The Bertz CT molecular complexity index is 943. The Hall–Kier alpha value is -3.22. The molecule has 0 aliphatic rings. The van der Waals surface area contributed by atoms with Crippen molar-refractivity contribution in [3.63, 3.8) is 0 Å². The molecular weight excluding hydrogens is 332 g/mol. The first kappa shape index (κ1) is 17.6. The Kier molecular flexibility index (Phi) is 5.26. The topological polar surface area (TPSA) is 86.2 Å². The molecule has 26 heavy (non-hydrogen) atoms. The summed E-state index contributed by atoms with van der Waals surface area (Å²) in [5, 5.41) is 2.75. The molecule has 0 fully saturated rings. The van der Waals surface area contributed by atoms with Crippen LogP contribution in [0.5, 0.6) is 11.5 Å². The molecule has 0 aliphatic heterocycles. The third kappa shape index (κ3) is 3.72. The predicted octanol–water partition coefficient (Wildman–Crippen LogP) is 2.39. The highest BCUT2D eigenvalue weighted by Gasteiger charge is 2.10. The van der Waals surface area contributed by atoms with E-state index in [0.717, 1.165) is 11.3 Å². The zero-order valence-electron chi connectivity index (χ0n) is 14.9. The Morgan fingerprint density at radius 3 is 2.62 bits per heavy atom. The van der Waals surface area contributed by atoms with E-state index >= 15 is 0 Å². The van der Waals surface area contributed by atoms with Gasteiger partial charge in [0.15, 0.2) is 17.1 Å². The molecule has 1 N–H and O–H groups in total. The number of pyridine rings is 1. The molecular formula is C19H20N4O3. The Morgan fingerprint density at radius 1 is 1.08 bits per heavy atom. The molecule has 0 radical (unpaired) electrons. The molecule has 2 heterocycles. The lowest BCUT2D eigenvalue weighted by Crippen LogP contribution is -2.24. The fourth-order valence-electron chi connectivity index (χ4n) is 2.61. The van der Waals surface area contributed by atoms with Gasteiger partial charge in [-0.1, -0.05) is 0 Å². The minimum Gasteiger partial charge on any atom is -0.493 e. The fourth-order valence-corrected chi connectivity index (χ4v) is 2.61. The van der Waals surface area contributed by atoms with Crippen molar-refractivity contribution in [1.82, 2.24) is 20.3 Å². The van der Waals surface area contributed by atoms with Gasteiger partial charge in [0.2, 0.25) is 5.91 Å². The Balaban J connectivity index is 1.91. The van der Waals surface area contributed by atoms with E-state index in [9.17, 15) is 4.79 Å². The van der Waals surface area contributed by atoms with Crippen molar-refractivity contribution in [3.05, 3.63) is 42.2 Å². The van der Waals surface area contributed by atoms with Crippen LogP contribution in [0.2, 0.25) is 0 Å². The summed E-state index contributed by atoms with van der Waals surface area (Å²) in [6.45, 7) is 2.47. The summed E-state index contributed by atoms with van der Waals surface area (Å²) in [5.74, 6) is 1.22. The molecule has 0 atom stereocenters. The number of hydrogen-bond donors (Lipinski definition) is 1. The average molecular weight is 352 g/mol. The third-order valence-electron chi connectivity index (χ3n) is 3.85. The Morgan fingerprint density at radius 2 is 1.88 bits per heavy atom. The minimum absolute atomic E-state index is 0.0731. The first-order chi connectivity index (χ1) is 12.6. The zero-order chi connectivity index (χ0) is 18.5. The van der Waals surface area contributed by atoms with Crippen LogP contribution in [0, 0.1) is 0 Å². The van der Waals surface area contributed by atoms with Gasteiger partial charge in [0.05, 0.1) is 38.2 Å². The number of amides is 1. The van der Waals surface area contributed by atoms with E-state index in [1.807, 2.05) is 37.3 Å². The first-order valence-corrected chi connectivity index (χ1v) is 8.26. The van der Waals surface area contributed by atoms with Crippen molar-refractivity contribution in [1.29, 1.82) is 0 Å². The zero-order valence-corrected chi connectivity index (χ0v) is 14.9. The smallest absolute Gasteiger partial charge is 0.226 e. The van der Waals surface area contributed by atoms with Crippen molar-refractivity contribution in [3.8, 4) is 22.8 Å². The standard InChI is InChI=1S/C19H20N4O3/c1-4-20-18(24)10-13-11-21-19-15(22-13)7-6-14(23-19)12-5-8-16(25-2)17(9-12)26-3/h5-9,11H,4,10H2,1-3H3,(H,20,24). The van der Waals surface area contributed by atoms with Crippen LogP contribution in [0.25, 0.3) is 22.4 Å². The minimum atomic E-state index is -0.0731. The summed E-state index contributed by atoms with van der Waals surface area (Å²) in [7, 11) is 3.19. The average Bonchev–Trinajstić information content (AvgIpc) is 2.67. The van der Waals surface area contributed by atoms with Crippen molar-refractivity contribution in [2.45, 2.75) is 13.3 Å². The maximum absolute atomic E-state index is 11.7. The van der Waals surface area contributed by atoms with E-state index in [4.69, 9.17) is 9.47 Å². The lowest BCUT2D eigenvalue weighted by atomic mass is 10.1. The van der Waals surface area contributed by atoms with Gasteiger partial charge >= 0.3 is 0 Å². The number of nitrogens with one attached hydrogen (secondary N) is 1. The number of benzene rings is 1. The van der Waals surface area contributed by atoms with Crippen LogP contribution >= 0.6 is 0 Å². The number of rotatable bonds is 6. The summed E-state index contributed by atoms with van der Waals surface area (Å²) < 4.78 is 10.6. The second kappa shape index (κ2) is 7.77. The number of hydrogen-bond acceptors (Lipinski definition) is 6. The highest BCUT2D eigenvalue weighted by molar-refractivity contribution is 5.79. The maximum Gasteiger partial charge on any atom is 0.226 e. The number of carbonyl (C=O) groups excluding carboxylic acids is 1. The number of carbonyl (C=O) groups is 1. The molecule has 3 aromatic rings. The molecule has 0 saturated carbocycles. The van der Waals surface area contributed by atoms with Crippen molar-refractivity contribution in [2.24, 2.45) is 0 Å². The largest absolute Gasteiger partial charge is 0.493 e. The van der Waals surface area contributed by atoms with Gasteiger partial charge < -0.3 is 14.8 Å². The summed E-state index contributed by atoms with van der Waals surface area (Å²) >= 11 is 0. The molecule has 0 spiro atoms. The van der Waals surface area contributed by atoms with Gasteiger partial charge in [-0.2, -0.15) is 0 Å². The molecule has 134 valence electrons. The highest BCUT2D eigenvalue weighted by Crippen LogP contribution is 2.31. The van der Waals surface area contributed by atoms with Gasteiger partial charge in [0, 0.05) is 12.1 Å². The van der Waals surface area contributed by atoms with E-state index in [1.54, 1.807) is 20.4 Å². The van der Waals surface area contributed by atoms with Gasteiger partial charge in [-0.15, -0.1) is 0 Å². The molecule has 3 rings (SSSR count). The number of nitrogens with zero attached hydrogens (tertiary/aromatic N) is 3. The van der Waals surface area contributed by atoms with Crippen LogP contribution in [0.3, 0.4) is 0 Å². The molecule has 2 aromatic heterocycles. The maximum atomic E-state index is 11.7. The second-order valence-electron chi connectivity index (χ2n) is 5.60. The van der Waals surface area contributed by atoms with Crippen LogP contribution in [-0.2, 0) is 11.2 Å². The number of ether oxygens (including phenoxy) is 2. The number of aromatic nitrogens is 3. The fraction of sp³-hybridized carbons (Fsp3) is 0.263. The van der Waals surface area contributed by atoms with Crippen molar-refractivity contribution in [2.75, 3.05) is 20.8 Å². The van der Waals surface area contributed by atoms with Crippen LogP contribution in [0.4, 0.5) is 0 Å². The summed E-state index contributed by atoms with van der Waals surface area (Å²) in [6.07, 6.45) is 1.79. The van der Waals surface area contributed by atoms with Crippen LogP contribution in [0.1, 0.15) is 12.6 Å². The molecule has 1 aromatic carbocycles. The summed E-state index contributed by atoms with van der Waals surface area (Å²) in [6, 6.07) is 9.33. The normalized spacial score (nSPS) is 10.6. The molecule has 0 saturated heterocycles. The van der Waals surface area contributed by atoms with Gasteiger partial charge in [0.25, 0.3) is 0 Å². The van der Waals surface area contributed by atoms with Gasteiger partial charge in [-0.3, -0.25) is 4.79 Å². The van der Waals surface area contributed by atoms with Crippen molar-refractivity contribution >= 4 is 17.1 Å². The molecule has 0 bridgehead atoms. The quantitative estimate of drug-likeness (QED) is 0.733. The molecule has 7 nitrogen and oxygen atoms in total. The SMILES string of the molecule is CCNC(=O)Cc1cnc2nc(-c3ccc(OC)c(OC)c3)ccc2n1. The summed E-state index contributed by atoms with van der Waals surface area (Å²) in [4.78, 5) is 25.1. The van der Waals surface area contributed by atoms with Crippen LogP contribution in [0.15, 0.2) is 36.5 Å². The lowest BCUT2D eigenvalue weighted by molar-refractivity contribution is -0.120. The molecule has 0 aliphatic carbocycles. The lowest BCUT2D eigenvalue weighted by Gasteiger charge is -2.09. The monoisotopic (exact) mass is 352 g/mol. The number of methoxy groups -OCH3 is 2. The third-order valence-corrected chi connectivity index (χ3v) is 3.85. The number of fused-ring (bicyclic) bond motifs is 1. The molecule has 0 unspecified atom stereocenters. The van der Waals surface area contributed by atoms with Gasteiger partial charge in [0.1, 0.15) is 5.52 Å². The van der Waals surface area contributed by atoms with E-state index in [2.05, 4.69) is 20.3 Å². The van der Waals surface area contributed by atoms with Crippen LogP contribution < -0.4 is 14.8 Å².